The number of hydrogen-bond donors (Lipinski definition) is 0. The standard InChI is InChI=1S/C12H12N4O3/c1-9(17)2-3-10-8-15(14-13-10)11-4-6-12(7-5-11)16(18)19/h4-8H,2-3H2,1H3. The van der Waals surface area contributed by atoms with Crippen molar-refractivity contribution in [2.24, 2.45) is 0 Å². The molecule has 0 saturated heterocycles. The van der Waals surface area contributed by atoms with E-state index in [0.29, 0.717) is 24.2 Å². The number of nitrogens with zero attached hydrogens (tertiary/aromatic N) is 4. The lowest BCUT2D eigenvalue weighted by Crippen LogP contribution is -1.95. The van der Waals surface area contributed by atoms with Gasteiger partial charge in [-0.1, -0.05) is 5.21 Å². The van der Waals surface area contributed by atoms with Crippen LogP contribution in [0, 0.1) is 10.1 Å². The maximum Gasteiger partial charge on any atom is 0.269 e. The van der Waals surface area contributed by atoms with Gasteiger partial charge in [-0.15, -0.1) is 5.10 Å². The number of Topliss-reactive ketones (excluding diaryl/α,β-unsaturated/α-hetero) is 1. The Bertz CT molecular complexity index is 604. The Morgan fingerprint density at radius 2 is 2.05 bits per heavy atom. The lowest BCUT2D eigenvalue weighted by Gasteiger charge is -1.98. The molecule has 0 saturated carbocycles. The first-order chi connectivity index (χ1) is 9.06. The van der Waals surface area contributed by atoms with E-state index in [2.05, 4.69) is 10.3 Å². The summed E-state index contributed by atoms with van der Waals surface area (Å²) in [7, 11) is 0. The number of nitro benzene ring substituents is 1. The van der Waals surface area contributed by atoms with Crippen LogP contribution in [0.2, 0.25) is 0 Å². The summed E-state index contributed by atoms with van der Waals surface area (Å²) < 4.78 is 1.53. The number of non-ortho nitro benzene ring substituents is 1. The molecule has 0 radical (unpaired) electrons. The van der Waals surface area contributed by atoms with Crippen molar-refractivity contribution in [3.05, 3.63) is 46.3 Å². The molecule has 1 aromatic carbocycles. The number of carbonyl (C=O) groups excluding carboxylic acids is 1. The van der Waals surface area contributed by atoms with Gasteiger partial charge in [-0.2, -0.15) is 0 Å². The number of hydrogen-bond acceptors (Lipinski definition) is 5. The molecule has 2 rings (SSSR count). The molecule has 2 aromatic rings. The Morgan fingerprint density at radius 1 is 1.37 bits per heavy atom. The zero-order chi connectivity index (χ0) is 13.8. The second-order valence-electron chi connectivity index (χ2n) is 4.13. The Morgan fingerprint density at radius 3 is 2.63 bits per heavy atom. The minimum atomic E-state index is -0.455. The summed E-state index contributed by atoms with van der Waals surface area (Å²) in [5, 5.41) is 18.4. The molecule has 0 bridgehead atoms. The number of rotatable bonds is 5. The normalized spacial score (nSPS) is 10.4. The molecular weight excluding hydrogens is 248 g/mol. The van der Waals surface area contributed by atoms with Gasteiger partial charge in [-0.25, -0.2) is 4.68 Å². The van der Waals surface area contributed by atoms with E-state index in [4.69, 9.17) is 0 Å². The van der Waals surface area contributed by atoms with Crippen LogP contribution in [0.4, 0.5) is 5.69 Å². The Kier molecular flexibility index (Phi) is 3.65. The predicted molar refractivity (Wildman–Crippen MR) is 67.0 cm³/mol. The molecule has 0 spiro atoms. The molecule has 0 amide bonds. The first-order valence-electron chi connectivity index (χ1n) is 5.72. The minimum Gasteiger partial charge on any atom is -0.300 e. The van der Waals surface area contributed by atoms with E-state index in [-0.39, 0.29) is 11.5 Å². The third kappa shape index (κ3) is 3.21. The van der Waals surface area contributed by atoms with E-state index >= 15 is 0 Å². The quantitative estimate of drug-likeness (QED) is 0.602. The van der Waals surface area contributed by atoms with Gasteiger partial charge in [0, 0.05) is 18.6 Å². The number of aromatic nitrogens is 3. The summed E-state index contributed by atoms with van der Waals surface area (Å²) in [4.78, 5) is 21.0. The van der Waals surface area contributed by atoms with Crippen LogP contribution in [0.3, 0.4) is 0 Å². The van der Waals surface area contributed by atoms with Gasteiger partial charge >= 0.3 is 0 Å². The fourth-order valence-electron chi connectivity index (χ4n) is 1.57. The number of nitro groups is 1. The van der Waals surface area contributed by atoms with Gasteiger partial charge in [-0.05, 0) is 25.5 Å². The highest BCUT2D eigenvalue weighted by Crippen LogP contribution is 2.14. The molecule has 0 aliphatic carbocycles. The van der Waals surface area contributed by atoms with Crippen LogP contribution >= 0.6 is 0 Å². The smallest absolute Gasteiger partial charge is 0.269 e. The van der Waals surface area contributed by atoms with Gasteiger partial charge in [0.05, 0.1) is 22.5 Å². The van der Waals surface area contributed by atoms with Crippen molar-refractivity contribution in [2.75, 3.05) is 0 Å². The second-order valence-corrected chi connectivity index (χ2v) is 4.13. The van der Waals surface area contributed by atoms with Gasteiger partial charge in [0.2, 0.25) is 0 Å². The molecule has 1 heterocycles. The summed E-state index contributed by atoms with van der Waals surface area (Å²) in [6.07, 6.45) is 2.69. The largest absolute Gasteiger partial charge is 0.300 e. The van der Waals surface area contributed by atoms with Crippen molar-refractivity contribution < 1.29 is 9.72 Å². The molecule has 7 heteroatoms. The van der Waals surface area contributed by atoms with Crippen molar-refractivity contribution in [1.29, 1.82) is 0 Å². The van der Waals surface area contributed by atoms with Crippen molar-refractivity contribution in [1.82, 2.24) is 15.0 Å². The Labute approximate surface area is 109 Å². The van der Waals surface area contributed by atoms with Crippen LogP contribution in [0.1, 0.15) is 19.0 Å². The zero-order valence-corrected chi connectivity index (χ0v) is 10.3. The summed E-state index contributed by atoms with van der Waals surface area (Å²) in [6, 6.07) is 6.02. The Balaban J connectivity index is 2.13. The molecule has 1 aromatic heterocycles. The fraction of sp³-hybridized carbons (Fsp3) is 0.250. The van der Waals surface area contributed by atoms with Gasteiger partial charge in [0.25, 0.3) is 5.69 Å². The van der Waals surface area contributed by atoms with Gasteiger partial charge in [0.15, 0.2) is 0 Å². The maximum atomic E-state index is 10.9. The molecule has 19 heavy (non-hydrogen) atoms. The van der Waals surface area contributed by atoms with E-state index in [1.54, 1.807) is 18.3 Å². The number of carbonyl (C=O) groups is 1. The summed E-state index contributed by atoms with van der Waals surface area (Å²) >= 11 is 0. The first kappa shape index (κ1) is 12.9. The fourth-order valence-corrected chi connectivity index (χ4v) is 1.57. The first-order valence-corrected chi connectivity index (χ1v) is 5.72. The maximum absolute atomic E-state index is 10.9. The van der Waals surface area contributed by atoms with Crippen LogP contribution in [-0.2, 0) is 11.2 Å². The number of aryl methyl sites for hydroxylation is 1. The third-order valence-corrected chi connectivity index (χ3v) is 2.60. The monoisotopic (exact) mass is 260 g/mol. The molecule has 0 atom stereocenters. The molecule has 7 nitrogen and oxygen atoms in total. The highest BCUT2D eigenvalue weighted by molar-refractivity contribution is 5.75. The van der Waals surface area contributed by atoms with E-state index < -0.39 is 4.92 Å². The van der Waals surface area contributed by atoms with E-state index in [0.717, 1.165) is 0 Å². The molecule has 98 valence electrons. The molecular formula is C12H12N4O3. The van der Waals surface area contributed by atoms with E-state index in [1.165, 1.54) is 23.7 Å². The van der Waals surface area contributed by atoms with Crippen molar-refractivity contribution in [3.63, 3.8) is 0 Å². The highest BCUT2D eigenvalue weighted by Gasteiger charge is 2.07. The zero-order valence-electron chi connectivity index (χ0n) is 10.3. The summed E-state index contributed by atoms with van der Waals surface area (Å²) in [5.74, 6) is 0.102. The van der Waals surface area contributed by atoms with Crippen LogP contribution in [0.15, 0.2) is 30.5 Å². The summed E-state index contributed by atoms with van der Waals surface area (Å²) in [6.45, 7) is 1.53. The van der Waals surface area contributed by atoms with Crippen molar-refractivity contribution in [3.8, 4) is 5.69 Å². The average Bonchev–Trinajstić information content (AvgIpc) is 2.85. The molecule has 0 unspecified atom stereocenters. The van der Waals surface area contributed by atoms with Crippen LogP contribution in [0.25, 0.3) is 5.69 Å². The number of ketones is 1. The van der Waals surface area contributed by atoms with Crippen LogP contribution < -0.4 is 0 Å². The molecule has 0 fully saturated rings. The Hall–Kier alpha value is -2.57. The summed E-state index contributed by atoms with van der Waals surface area (Å²) in [5.41, 5.74) is 1.43. The molecule has 0 N–H and O–H groups in total. The van der Waals surface area contributed by atoms with E-state index in [9.17, 15) is 14.9 Å². The SMILES string of the molecule is CC(=O)CCc1cn(-c2ccc([N+](=O)[O-])cc2)nn1. The molecule has 0 aliphatic rings. The van der Waals surface area contributed by atoms with Gasteiger partial charge < -0.3 is 4.79 Å². The van der Waals surface area contributed by atoms with Gasteiger partial charge in [-0.3, -0.25) is 10.1 Å². The lowest BCUT2D eigenvalue weighted by atomic mass is 10.2. The van der Waals surface area contributed by atoms with E-state index in [1.807, 2.05) is 0 Å². The lowest BCUT2D eigenvalue weighted by molar-refractivity contribution is -0.384. The van der Waals surface area contributed by atoms with Crippen molar-refractivity contribution >= 4 is 11.5 Å². The van der Waals surface area contributed by atoms with Crippen LogP contribution in [0.5, 0.6) is 0 Å². The van der Waals surface area contributed by atoms with Crippen molar-refractivity contribution in [2.45, 2.75) is 19.8 Å². The van der Waals surface area contributed by atoms with Gasteiger partial charge in [0.1, 0.15) is 5.78 Å². The predicted octanol–water partition coefficient (Wildman–Crippen LogP) is 1.70. The minimum absolute atomic E-state index is 0.0284. The number of benzene rings is 1. The molecule has 0 aliphatic heterocycles. The second kappa shape index (κ2) is 5.38. The average molecular weight is 260 g/mol. The third-order valence-electron chi connectivity index (χ3n) is 2.60. The highest BCUT2D eigenvalue weighted by atomic mass is 16.6. The van der Waals surface area contributed by atoms with Crippen LogP contribution in [-0.4, -0.2) is 25.7 Å². The topological polar surface area (TPSA) is 90.9 Å².